The molecule has 1 saturated heterocycles. The number of aromatic hydroxyl groups is 1. The molecule has 2 rings (SSSR count). The Balaban J connectivity index is 2.26. The minimum Gasteiger partial charge on any atom is -0.508 e. The molecule has 1 aromatic carbocycles. The Morgan fingerprint density at radius 2 is 2.25 bits per heavy atom. The van der Waals surface area contributed by atoms with Crippen molar-refractivity contribution >= 4 is 17.5 Å². The van der Waals surface area contributed by atoms with E-state index in [4.69, 9.17) is 16.3 Å². The molecule has 1 amide bonds. The summed E-state index contributed by atoms with van der Waals surface area (Å²) in [6.45, 7) is 6.62. The lowest BCUT2D eigenvalue weighted by Gasteiger charge is -2.42. The third-order valence-electron chi connectivity index (χ3n) is 3.48. The Morgan fingerprint density at radius 1 is 1.55 bits per heavy atom. The van der Waals surface area contributed by atoms with E-state index in [0.29, 0.717) is 30.1 Å². The molecular formula is C15H20ClNO3. The summed E-state index contributed by atoms with van der Waals surface area (Å²) in [5, 5.41) is 9.73. The number of morpholine rings is 1. The van der Waals surface area contributed by atoms with Gasteiger partial charge in [-0.3, -0.25) is 4.79 Å². The van der Waals surface area contributed by atoms with Crippen LogP contribution in [-0.2, 0) is 4.74 Å². The number of ether oxygens (including phenoxy) is 1. The average Bonchev–Trinajstić information content (AvgIpc) is 2.39. The second-order valence-electron chi connectivity index (χ2n) is 5.79. The number of phenols is 1. The van der Waals surface area contributed by atoms with Gasteiger partial charge in [-0.25, -0.2) is 0 Å². The van der Waals surface area contributed by atoms with Crippen molar-refractivity contribution in [3.05, 3.63) is 29.3 Å². The van der Waals surface area contributed by atoms with E-state index >= 15 is 0 Å². The van der Waals surface area contributed by atoms with Crippen LogP contribution in [0.5, 0.6) is 5.75 Å². The van der Waals surface area contributed by atoms with Gasteiger partial charge in [0.05, 0.1) is 17.6 Å². The number of rotatable bonds is 2. The maximum absolute atomic E-state index is 12.6. The fraction of sp³-hybridized carbons (Fsp3) is 0.533. The Labute approximate surface area is 124 Å². The SMILES string of the molecule is Cc1c(O)cccc1C(=O)N1CC(CCl)OC(C)(C)C1. The molecule has 0 saturated carbocycles. The Hall–Kier alpha value is -1.26. The summed E-state index contributed by atoms with van der Waals surface area (Å²) in [6.07, 6.45) is -0.165. The average molecular weight is 298 g/mol. The van der Waals surface area contributed by atoms with Crippen LogP contribution < -0.4 is 0 Å². The van der Waals surface area contributed by atoms with E-state index in [1.807, 2.05) is 13.8 Å². The number of phenolic OH excluding ortho intramolecular Hbond substituents is 1. The van der Waals surface area contributed by atoms with Crippen molar-refractivity contribution < 1.29 is 14.6 Å². The number of hydrogen-bond acceptors (Lipinski definition) is 3. The van der Waals surface area contributed by atoms with Crippen LogP contribution in [0.2, 0.25) is 0 Å². The van der Waals surface area contributed by atoms with Gasteiger partial charge in [-0.2, -0.15) is 0 Å². The van der Waals surface area contributed by atoms with Gasteiger partial charge in [-0.15, -0.1) is 11.6 Å². The molecule has 0 radical (unpaired) electrons. The minimum atomic E-state index is -0.418. The number of amides is 1. The highest BCUT2D eigenvalue weighted by atomic mass is 35.5. The summed E-state index contributed by atoms with van der Waals surface area (Å²) in [5.41, 5.74) is 0.707. The number of hydrogen-bond donors (Lipinski definition) is 1. The Morgan fingerprint density at radius 3 is 2.90 bits per heavy atom. The van der Waals surface area contributed by atoms with Gasteiger partial charge in [0.1, 0.15) is 5.75 Å². The van der Waals surface area contributed by atoms with Crippen molar-refractivity contribution in [3.63, 3.8) is 0 Å². The summed E-state index contributed by atoms with van der Waals surface area (Å²) in [4.78, 5) is 14.4. The molecule has 110 valence electrons. The molecule has 1 unspecified atom stereocenters. The van der Waals surface area contributed by atoms with Gasteiger partial charge in [0.2, 0.25) is 0 Å². The van der Waals surface area contributed by atoms with Crippen LogP contribution in [0.4, 0.5) is 0 Å². The summed E-state index contributed by atoms with van der Waals surface area (Å²) in [6, 6.07) is 4.99. The number of carbonyl (C=O) groups is 1. The zero-order chi connectivity index (χ0) is 14.9. The highest BCUT2D eigenvalue weighted by molar-refractivity contribution is 6.18. The largest absolute Gasteiger partial charge is 0.508 e. The van der Waals surface area contributed by atoms with Gasteiger partial charge in [-0.05, 0) is 32.9 Å². The van der Waals surface area contributed by atoms with Crippen molar-refractivity contribution in [1.29, 1.82) is 0 Å². The van der Waals surface area contributed by atoms with E-state index < -0.39 is 5.60 Å². The molecular weight excluding hydrogens is 278 g/mol. The molecule has 0 spiro atoms. The fourth-order valence-electron chi connectivity index (χ4n) is 2.56. The van der Waals surface area contributed by atoms with Crippen LogP contribution in [-0.4, -0.2) is 46.6 Å². The molecule has 1 aliphatic heterocycles. The van der Waals surface area contributed by atoms with Crippen LogP contribution in [0, 0.1) is 6.92 Å². The molecule has 4 nitrogen and oxygen atoms in total. The van der Waals surface area contributed by atoms with Gasteiger partial charge in [0, 0.05) is 24.2 Å². The first-order valence-electron chi connectivity index (χ1n) is 6.65. The topological polar surface area (TPSA) is 49.8 Å². The van der Waals surface area contributed by atoms with E-state index in [-0.39, 0.29) is 17.8 Å². The third kappa shape index (κ3) is 3.07. The van der Waals surface area contributed by atoms with Crippen molar-refractivity contribution in [2.75, 3.05) is 19.0 Å². The van der Waals surface area contributed by atoms with Crippen molar-refractivity contribution in [3.8, 4) is 5.75 Å². The van der Waals surface area contributed by atoms with Crippen LogP contribution in [0.15, 0.2) is 18.2 Å². The lowest BCUT2D eigenvalue weighted by Crippen LogP contribution is -2.55. The molecule has 1 atom stereocenters. The highest BCUT2D eigenvalue weighted by Gasteiger charge is 2.35. The van der Waals surface area contributed by atoms with E-state index in [9.17, 15) is 9.90 Å². The number of alkyl halides is 1. The van der Waals surface area contributed by atoms with Gasteiger partial charge in [0.15, 0.2) is 0 Å². The molecule has 1 N–H and O–H groups in total. The molecule has 1 fully saturated rings. The molecule has 1 heterocycles. The minimum absolute atomic E-state index is 0.0927. The smallest absolute Gasteiger partial charge is 0.254 e. The van der Waals surface area contributed by atoms with E-state index in [1.165, 1.54) is 0 Å². The first kappa shape index (κ1) is 15.1. The highest BCUT2D eigenvalue weighted by Crippen LogP contribution is 2.26. The van der Waals surface area contributed by atoms with Crippen LogP contribution >= 0.6 is 11.6 Å². The second kappa shape index (κ2) is 5.62. The summed E-state index contributed by atoms with van der Waals surface area (Å²) < 4.78 is 5.82. The number of nitrogens with zero attached hydrogens (tertiary/aromatic N) is 1. The molecule has 0 aliphatic carbocycles. The van der Waals surface area contributed by atoms with Crippen molar-refractivity contribution in [2.45, 2.75) is 32.5 Å². The van der Waals surface area contributed by atoms with Crippen LogP contribution in [0.25, 0.3) is 0 Å². The van der Waals surface area contributed by atoms with Crippen molar-refractivity contribution in [2.24, 2.45) is 0 Å². The first-order chi connectivity index (χ1) is 9.34. The number of benzene rings is 1. The molecule has 1 aliphatic rings. The molecule has 0 bridgehead atoms. The quantitative estimate of drug-likeness (QED) is 0.854. The van der Waals surface area contributed by atoms with E-state index in [2.05, 4.69) is 0 Å². The second-order valence-corrected chi connectivity index (χ2v) is 6.10. The first-order valence-corrected chi connectivity index (χ1v) is 7.19. The fourth-order valence-corrected chi connectivity index (χ4v) is 2.72. The van der Waals surface area contributed by atoms with Crippen LogP contribution in [0.3, 0.4) is 0 Å². The van der Waals surface area contributed by atoms with Gasteiger partial charge >= 0.3 is 0 Å². The summed E-state index contributed by atoms with van der Waals surface area (Å²) in [7, 11) is 0. The maximum Gasteiger partial charge on any atom is 0.254 e. The summed E-state index contributed by atoms with van der Waals surface area (Å²) >= 11 is 5.88. The van der Waals surface area contributed by atoms with Crippen molar-refractivity contribution in [1.82, 2.24) is 4.90 Å². The Kier molecular flexibility index (Phi) is 4.25. The zero-order valence-electron chi connectivity index (χ0n) is 12.0. The maximum atomic E-state index is 12.6. The van der Waals surface area contributed by atoms with Gasteiger partial charge in [0.25, 0.3) is 5.91 Å². The predicted octanol–water partition coefficient (Wildman–Crippen LogP) is 2.56. The predicted molar refractivity (Wildman–Crippen MR) is 78.4 cm³/mol. The normalized spacial score (nSPS) is 21.8. The number of halogens is 1. The van der Waals surface area contributed by atoms with Crippen LogP contribution in [0.1, 0.15) is 29.8 Å². The Bertz CT molecular complexity index is 516. The molecule has 0 aromatic heterocycles. The van der Waals surface area contributed by atoms with E-state index in [0.717, 1.165) is 0 Å². The van der Waals surface area contributed by atoms with Gasteiger partial charge in [-0.1, -0.05) is 6.07 Å². The van der Waals surface area contributed by atoms with E-state index in [1.54, 1.807) is 30.0 Å². The monoisotopic (exact) mass is 297 g/mol. The lowest BCUT2D eigenvalue weighted by molar-refractivity contribution is -0.117. The molecule has 1 aromatic rings. The third-order valence-corrected chi connectivity index (χ3v) is 3.82. The van der Waals surface area contributed by atoms with Gasteiger partial charge < -0.3 is 14.7 Å². The summed E-state index contributed by atoms with van der Waals surface area (Å²) in [5.74, 6) is 0.397. The number of carbonyl (C=O) groups excluding carboxylic acids is 1. The zero-order valence-corrected chi connectivity index (χ0v) is 12.8. The standard InChI is InChI=1S/C15H20ClNO3/c1-10-12(5-4-6-13(10)18)14(19)17-8-11(7-16)20-15(2,3)9-17/h4-6,11,18H,7-9H2,1-3H3. The lowest BCUT2D eigenvalue weighted by atomic mass is 10.0. The molecule has 5 heteroatoms. The molecule has 20 heavy (non-hydrogen) atoms.